The maximum absolute atomic E-state index is 11.2. The van der Waals surface area contributed by atoms with E-state index in [9.17, 15) is 9.59 Å². The van der Waals surface area contributed by atoms with Crippen LogP contribution in [0, 0.1) is 0 Å². The monoisotopic (exact) mass is 192 g/mol. The van der Waals surface area contributed by atoms with Gasteiger partial charge in [-0.15, -0.1) is 0 Å². The van der Waals surface area contributed by atoms with Crippen LogP contribution in [0.3, 0.4) is 0 Å². The second kappa shape index (κ2) is 3.38. The summed E-state index contributed by atoms with van der Waals surface area (Å²) < 4.78 is 0. The zero-order chi connectivity index (χ0) is 10.1. The lowest BCUT2D eigenvalue weighted by molar-refractivity contribution is -0.119. The average Bonchev–Trinajstić information content (AvgIpc) is 2.16. The van der Waals surface area contributed by atoms with Crippen molar-refractivity contribution in [2.45, 2.75) is 18.9 Å². The van der Waals surface area contributed by atoms with Gasteiger partial charge in [-0.25, -0.2) is 0 Å². The van der Waals surface area contributed by atoms with Crippen LogP contribution in [-0.4, -0.2) is 24.3 Å². The number of fused-ring (bicyclic) bond motifs is 1. The van der Waals surface area contributed by atoms with Gasteiger partial charge in [0.1, 0.15) is 6.04 Å². The summed E-state index contributed by atoms with van der Waals surface area (Å²) in [7, 11) is 0. The molecule has 1 aliphatic carbocycles. The molecule has 3 N–H and O–H groups in total. The molecule has 1 unspecified atom stereocenters. The van der Waals surface area contributed by atoms with Gasteiger partial charge in [0, 0.05) is 13.0 Å². The minimum absolute atomic E-state index is 0.0405. The second-order valence-corrected chi connectivity index (χ2v) is 3.54. The molecule has 0 spiro atoms. The molecule has 1 atom stereocenters. The van der Waals surface area contributed by atoms with Crippen LogP contribution in [0.15, 0.2) is 23.3 Å². The van der Waals surface area contributed by atoms with Gasteiger partial charge in [0.15, 0.2) is 5.78 Å². The standard InChI is InChI=1S/C10H12N2O2/c11-10(14)9-8-5-7(13)2-1-6(8)3-4-12-9/h1,5,9,12H,2-4H2,(H2,11,14). The molecule has 1 saturated heterocycles. The number of nitrogens with two attached hydrogens (primary N) is 1. The molecule has 0 aromatic carbocycles. The highest BCUT2D eigenvalue weighted by Crippen LogP contribution is 2.25. The van der Waals surface area contributed by atoms with Crippen LogP contribution in [0.4, 0.5) is 0 Å². The Balaban J connectivity index is 2.34. The van der Waals surface area contributed by atoms with Gasteiger partial charge < -0.3 is 11.1 Å². The lowest BCUT2D eigenvalue weighted by Crippen LogP contribution is -2.47. The average molecular weight is 192 g/mol. The molecule has 2 rings (SSSR count). The highest BCUT2D eigenvalue weighted by molar-refractivity contribution is 5.97. The molecule has 0 saturated carbocycles. The highest BCUT2D eigenvalue weighted by Gasteiger charge is 2.28. The number of carbonyl (C=O) groups excluding carboxylic acids is 2. The lowest BCUT2D eigenvalue weighted by Gasteiger charge is -2.28. The summed E-state index contributed by atoms with van der Waals surface area (Å²) in [6.45, 7) is 0.741. The molecule has 0 radical (unpaired) electrons. The van der Waals surface area contributed by atoms with Crippen LogP contribution in [-0.2, 0) is 9.59 Å². The maximum Gasteiger partial charge on any atom is 0.239 e. The Hall–Kier alpha value is -1.42. The first-order valence-electron chi connectivity index (χ1n) is 4.65. The van der Waals surface area contributed by atoms with Gasteiger partial charge in [-0.2, -0.15) is 0 Å². The first-order valence-corrected chi connectivity index (χ1v) is 4.65. The summed E-state index contributed by atoms with van der Waals surface area (Å²) >= 11 is 0. The molecule has 1 aliphatic heterocycles. The van der Waals surface area contributed by atoms with Gasteiger partial charge in [-0.3, -0.25) is 9.59 Å². The molecular weight excluding hydrogens is 180 g/mol. The van der Waals surface area contributed by atoms with Crippen molar-refractivity contribution in [2.75, 3.05) is 6.54 Å². The van der Waals surface area contributed by atoms with E-state index in [-0.39, 0.29) is 5.78 Å². The lowest BCUT2D eigenvalue weighted by atomic mass is 9.86. The summed E-state index contributed by atoms with van der Waals surface area (Å²) in [5.74, 6) is -0.379. The third kappa shape index (κ3) is 1.48. The van der Waals surface area contributed by atoms with Gasteiger partial charge >= 0.3 is 0 Å². The molecular formula is C10H12N2O2. The molecule has 2 aliphatic rings. The van der Waals surface area contributed by atoms with E-state index in [0.29, 0.717) is 6.42 Å². The van der Waals surface area contributed by atoms with Crippen LogP contribution in [0.2, 0.25) is 0 Å². The van der Waals surface area contributed by atoms with E-state index < -0.39 is 11.9 Å². The Kier molecular flexibility index (Phi) is 2.21. The summed E-state index contributed by atoms with van der Waals surface area (Å²) in [4.78, 5) is 22.3. The quantitative estimate of drug-likeness (QED) is 0.597. The maximum atomic E-state index is 11.2. The van der Waals surface area contributed by atoms with E-state index in [1.807, 2.05) is 6.08 Å². The van der Waals surface area contributed by atoms with Gasteiger partial charge in [0.25, 0.3) is 0 Å². The molecule has 4 heteroatoms. The number of hydrogen-bond donors (Lipinski definition) is 2. The number of piperidine rings is 1. The van der Waals surface area contributed by atoms with Crippen LogP contribution in [0.1, 0.15) is 12.8 Å². The van der Waals surface area contributed by atoms with Gasteiger partial charge in [-0.05, 0) is 23.6 Å². The fraction of sp³-hybridized carbons (Fsp3) is 0.400. The Morgan fingerprint density at radius 2 is 2.36 bits per heavy atom. The van der Waals surface area contributed by atoms with E-state index in [0.717, 1.165) is 24.1 Å². The number of carbonyl (C=O) groups is 2. The molecule has 14 heavy (non-hydrogen) atoms. The van der Waals surface area contributed by atoms with Crippen molar-refractivity contribution < 1.29 is 9.59 Å². The Bertz CT molecular complexity index is 355. The zero-order valence-corrected chi connectivity index (χ0v) is 7.75. The fourth-order valence-corrected chi connectivity index (χ4v) is 1.90. The normalized spacial score (nSPS) is 26.3. The first-order chi connectivity index (χ1) is 6.68. The molecule has 0 aromatic rings. The van der Waals surface area contributed by atoms with Gasteiger partial charge in [-0.1, -0.05) is 6.08 Å². The third-order valence-electron chi connectivity index (χ3n) is 2.58. The largest absolute Gasteiger partial charge is 0.368 e. The van der Waals surface area contributed by atoms with E-state index in [2.05, 4.69) is 5.32 Å². The topological polar surface area (TPSA) is 72.2 Å². The number of amides is 1. The number of allylic oxidation sites excluding steroid dienone is 2. The van der Waals surface area contributed by atoms with Crippen molar-refractivity contribution in [1.82, 2.24) is 5.32 Å². The number of nitrogens with one attached hydrogen (secondary N) is 1. The number of ketones is 1. The van der Waals surface area contributed by atoms with E-state index >= 15 is 0 Å². The van der Waals surface area contributed by atoms with Crippen LogP contribution < -0.4 is 11.1 Å². The van der Waals surface area contributed by atoms with Crippen molar-refractivity contribution in [3.63, 3.8) is 0 Å². The molecule has 0 aromatic heterocycles. The minimum Gasteiger partial charge on any atom is -0.368 e. The summed E-state index contributed by atoms with van der Waals surface area (Å²) in [6, 6.07) is -0.487. The Labute approximate surface area is 81.8 Å². The molecule has 0 bridgehead atoms. The van der Waals surface area contributed by atoms with Gasteiger partial charge in [0.2, 0.25) is 5.91 Å². The predicted octanol–water partition coefficient (Wildman–Crippen LogP) is -0.341. The van der Waals surface area contributed by atoms with E-state index in [4.69, 9.17) is 5.73 Å². The SMILES string of the molecule is NC(=O)C1NCCC2=CCC(=O)C=C21. The van der Waals surface area contributed by atoms with Crippen LogP contribution in [0.25, 0.3) is 0 Å². The number of primary amides is 1. The highest BCUT2D eigenvalue weighted by atomic mass is 16.1. The van der Waals surface area contributed by atoms with Gasteiger partial charge in [0.05, 0.1) is 0 Å². The molecule has 1 fully saturated rings. The summed E-state index contributed by atoms with van der Waals surface area (Å²) in [6.07, 6.45) is 4.75. The zero-order valence-electron chi connectivity index (χ0n) is 7.75. The minimum atomic E-state index is -0.487. The van der Waals surface area contributed by atoms with Crippen LogP contribution in [0.5, 0.6) is 0 Å². The van der Waals surface area contributed by atoms with Crippen molar-refractivity contribution in [2.24, 2.45) is 5.73 Å². The van der Waals surface area contributed by atoms with Crippen molar-refractivity contribution in [3.05, 3.63) is 23.3 Å². The van der Waals surface area contributed by atoms with Crippen molar-refractivity contribution in [1.29, 1.82) is 0 Å². The van der Waals surface area contributed by atoms with Crippen LogP contribution >= 0.6 is 0 Å². The first kappa shape index (κ1) is 9.15. The Morgan fingerprint density at radius 1 is 1.57 bits per heavy atom. The molecule has 1 amide bonds. The van der Waals surface area contributed by atoms with Crippen molar-refractivity contribution >= 4 is 11.7 Å². The number of hydrogen-bond acceptors (Lipinski definition) is 3. The smallest absolute Gasteiger partial charge is 0.239 e. The molecule has 1 heterocycles. The van der Waals surface area contributed by atoms with E-state index in [1.54, 1.807) is 0 Å². The number of rotatable bonds is 1. The van der Waals surface area contributed by atoms with Crippen molar-refractivity contribution in [3.8, 4) is 0 Å². The second-order valence-electron chi connectivity index (χ2n) is 3.54. The fourth-order valence-electron chi connectivity index (χ4n) is 1.90. The molecule has 4 nitrogen and oxygen atoms in total. The van der Waals surface area contributed by atoms with E-state index in [1.165, 1.54) is 6.08 Å². The summed E-state index contributed by atoms with van der Waals surface area (Å²) in [5.41, 5.74) is 7.09. The Morgan fingerprint density at radius 3 is 3.07 bits per heavy atom. The third-order valence-corrected chi connectivity index (χ3v) is 2.58. The summed E-state index contributed by atoms with van der Waals surface area (Å²) in [5, 5.41) is 3.00. The predicted molar refractivity (Wildman–Crippen MR) is 51.4 cm³/mol. The molecule has 74 valence electrons.